The molecule has 0 amide bonds. The highest BCUT2D eigenvalue weighted by atomic mass is 32.1. The molecular formula is C12H20N2S. The maximum absolute atomic E-state index is 3.57. The summed E-state index contributed by atoms with van der Waals surface area (Å²) in [4.78, 5) is 1.43. The minimum Gasteiger partial charge on any atom is -0.313 e. The third-order valence-corrected chi connectivity index (χ3v) is 3.90. The maximum Gasteiger partial charge on any atom is 0.0300 e. The number of hydrogen-bond donors (Lipinski definition) is 2. The van der Waals surface area contributed by atoms with Crippen LogP contribution in [0.4, 0.5) is 0 Å². The van der Waals surface area contributed by atoms with E-state index in [9.17, 15) is 0 Å². The van der Waals surface area contributed by atoms with Gasteiger partial charge in [-0.15, -0.1) is 11.3 Å². The van der Waals surface area contributed by atoms with Crippen LogP contribution in [0.1, 0.15) is 24.6 Å². The van der Waals surface area contributed by atoms with Crippen LogP contribution in [-0.4, -0.2) is 19.1 Å². The van der Waals surface area contributed by atoms with Crippen LogP contribution in [0.25, 0.3) is 0 Å². The average molecular weight is 224 g/mol. The van der Waals surface area contributed by atoms with Gasteiger partial charge in [0.25, 0.3) is 0 Å². The molecule has 1 saturated heterocycles. The van der Waals surface area contributed by atoms with Crippen molar-refractivity contribution in [3.05, 3.63) is 22.4 Å². The van der Waals surface area contributed by atoms with E-state index in [2.05, 4.69) is 35.1 Å². The Hall–Kier alpha value is -0.380. The van der Waals surface area contributed by atoms with Gasteiger partial charge in [-0.25, -0.2) is 0 Å². The molecule has 2 N–H and O–H groups in total. The molecule has 84 valence electrons. The minimum absolute atomic E-state index is 0.675. The molecule has 0 saturated carbocycles. The van der Waals surface area contributed by atoms with Gasteiger partial charge in [0.2, 0.25) is 0 Å². The molecule has 2 atom stereocenters. The monoisotopic (exact) mass is 224 g/mol. The zero-order valence-corrected chi connectivity index (χ0v) is 10.1. The van der Waals surface area contributed by atoms with Crippen LogP contribution in [0.3, 0.4) is 0 Å². The highest BCUT2D eigenvalue weighted by Crippen LogP contribution is 2.14. The fourth-order valence-electron chi connectivity index (χ4n) is 2.16. The molecule has 1 aliphatic heterocycles. The quantitative estimate of drug-likeness (QED) is 0.819. The Labute approximate surface area is 96.1 Å². The Morgan fingerprint density at radius 3 is 3.27 bits per heavy atom. The normalized spacial score (nSPS) is 26.7. The lowest BCUT2D eigenvalue weighted by Crippen LogP contribution is -2.43. The molecular weight excluding hydrogens is 204 g/mol. The molecule has 0 spiro atoms. The van der Waals surface area contributed by atoms with Crippen molar-refractivity contribution in [2.75, 3.05) is 13.1 Å². The number of rotatable bonds is 4. The maximum atomic E-state index is 3.57. The third kappa shape index (κ3) is 3.59. The van der Waals surface area contributed by atoms with E-state index in [0.29, 0.717) is 6.04 Å². The summed E-state index contributed by atoms with van der Waals surface area (Å²) in [7, 11) is 0. The van der Waals surface area contributed by atoms with Crippen LogP contribution in [0.15, 0.2) is 17.5 Å². The van der Waals surface area contributed by atoms with Crippen molar-refractivity contribution < 1.29 is 0 Å². The lowest BCUT2D eigenvalue weighted by Gasteiger charge is -2.28. The van der Waals surface area contributed by atoms with Gasteiger partial charge in [-0.3, -0.25) is 0 Å². The lowest BCUT2D eigenvalue weighted by atomic mass is 9.94. The average Bonchev–Trinajstić information content (AvgIpc) is 2.71. The highest BCUT2D eigenvalue weighted by molar-refractivity contribution is 7.09. The van der Waals surface area contributed by atoms with E-state index in [4.69, 9.17) is 0 Å². The van der Waals surface area contributed by atoms with Crippen molar-refractivity contribution in [3.63, 3.8) is 0 Å². The van der Waals surface area contributed by atoms with Crippen molar-refractivity contribution in [1.82, 2.24) is 10.6 Å². The molecule has 3 heteroatoms. The predicted octanol–water partition coefficient (Wildman–Crippen LogP) is 2.23. The van der Waals surface area contributed by atoms with E-state index in [0.717, 1.165) is 19.0 Å². The molecule has 1 aromatic heterocycles. The van der Waals surface area contributed by atoms with E-state index in [-0.39, 0.29) is 0 Å². The van der Waals surface area contributed by atoms with Gasteiger partial charge in [0.05, 0.1) is 0 Å². The van der Waals surface area contributed by atoms with Crippen LogP contribution >= 0.6 is 11.3 Å². The lowest BCUT2D eigenvalue weighted by molar-refractivity contribution is 0.311. The topological polar surface area (TPSA) is 24.1 Å². The van der Waals surface area contributed by atoms with E-state index in [1.807, 2.05) is 11.3 Å². The van der Waals surface area contributed by atoms with Crippen LogP contribution < -0.4 is 10.6 Å². The SMILES string of the molecule is CC1CCNC(CNCc2cccs2)C1. The van der Waals surface area contributed by atoms with Crippen molar-refractivity contribution in [2.45, 2.75) is 32.4 Å². The Balaban J connectivity index is 1.65. The first kappa shape index (κ1) is 11.1. The molecule has 2 unspecified atom stereocenters. The van der Waals surface area contributed by atoms with Gasteiger partial charge in [0.15, 0.2) is 0 Å². The first-order valence-corrected chi connectivity index (χ1v) is 6.69. The van der Waals surface area contributed by atoms with Crippen molar-refractivity contribution in [1.29, 1.82) is 0 Å². The summed E-state index contributed by atoms with van der Waals surface area (Å²) >= 11 is 1.83. The Morgan fingerprint density at radius 1 is 1.60 bits per heavy atom. The number of thiophene rings is 1. The second-order valence-corrected chi connectivity index (χ2v) is 5.52. The molecule has 0 aromatic carbocycles. The van der Waals surface area contributed by atoms with Gasteiger partial charge >= 0.3 is 0 Å². The fraction of sp³-hybridized carbons (Fsp3) is 0.667. The van der Waals surface area contributed by atoms with E-state index in [1.165, 1.54) is 24.3 Å². The van der Waals surface area contributed by atoms with Crippen LogP contribution in [0.5, 0.6) is 0 Å². The second-order valence-electron chi connectivity index (χ2n) is 4.49. The number of piperidine rings is 1. The molecule has 2 nitrogen and oxygen atoms in total. The molecule has 0 radical (unpaired) electrons. The minimum atomic E-state index is 0.675. The molecule has 0 aliphatic carbocycles. The van der Waals surface area contributed by atoms with Crippen molar-refractivity contribution in [2.24, 2.45) is 5.92 Å². The van der Waals surface area contributed by atoms with Crippen molar-refractivity contribution >= 4 is 11.3 Å². The zero-order chi connectivity index (χ0) is 10.5. The largest absolute Gasteiger partial charge is 0.313 e. The van der Waals surface area contributed by atoms with E-state index >= 15 is 0 Å². The smallest absolute Gasteiger partial charge is 0.0300 e. The van der Waals surface area contributed by atoms with Crippen LogP contribution in [0, 0.1) is 5.92 Å². The van der Waals surface area contributed by atoms with Gasteiger partial charge in [0, 0.05) is 24.0 Å². The molecule has 1 aliphatic rings. The van der Waals surface area contributed by atoms with Crippen molar-refractivity contribution in [3.8, 4) is 0 Å². The van der Waals surface area contributed by atoms with Gasteiger partial charge in [-0.2, -0.15) is 0 Å². The summed E-state index contributed by atoms with van der Waals surface area (Å²) < 4.78 is 0. The predicted molar refractivity (Wildman–Crippen MR) is 66.2 cm³/mol. The first-order valence-electron chi connectivity index (χ1n) is 5.81. The van der Waals surface area contributed by atoms with Gasteiger partial charge in [-0.05, 0) is 36.8 Å². The molecule has 2 heterocycles. The van der Waals surface area contributed by atoms with Crippen LogP contribution in [-0.2, 0) is 6.54 Å². The molecule has 1 fully saturated rings. The Bertz CT molecular complexity index is 271. The number of nitrogens with one attached hydrogen (secondary N) is 2. The van der Waals surface area contributed by atoms with Gasteiger partial charge < -0.3 is 10.6 Å². The zero-order valence-electron chi connectivity index (χ0n) is 9.33. The first-order chi connectivity index (χ1) is 7.34. The molecule has 2 rings (SSSR count). The summed E-state index contributed by atoms with van der Waals surface area (Å²) in [6, 6.07) is 4.98. The summed E-state index contributed by atoms with van der Waals surface area (Å²) in [6.07, 6.45) is 2.65. The highest BCUT2D eigenvalue weighted by Gasteiger charge is 2.17. The number of hydrogen-bond acceptors (Lipinski definition) is 3. The van der Waals surface area contributed by atoms with Crippen LogP contribution in [0.2, 0.25) is 0 Å². The summed E-state index contributed by atoms with van der Waals surface area (Å²) in [6.45, 7) is 5.66. The summed E-state index contributed by atoms with van der Waals surface area (Å²) in [5, 5.41) is 9.23. The Kier molecular flexibility index (Phi) is 4.18. The van der Waals surface area contributed by atoms with E-state index in [1.54, 1.807) is 0 Å². The van der Waals surface area contributed by atoms with E-state index < -0.39 is 0 Å². The second kappa shape index (κ2) is 5.64. The molecule has 15 heavy (non-hydrogen) atoms. The molecule has 1 aromatic rings. The third-order valence-electron chi connectivity index (χ3n) is 3.03. The van der Waals surface area contributed by atoms with Gasteiger partial charge in [-0.1, -0.05) is 13.0 Å². The fourth-order valence-corrected chi connectivity index (χ4v) is 2.83. The standard InChI is InChI=1S/C12H20N2S/c1-10-4-5-14-11(7-10)8-13-9-12-3-2-6-15-12/h2-3,6,10-11,13-14H,4-5,7-9H2,1H3. The summed E-state index contributed by atoms with van der Waals surface area (Å²) in [5.74, 6) is 0.889. The Morgan fingerprint density at radius 2 is 2.53 bits per heavy atom. The molecule has 0 bridgehead atoms. The summed E-state index contributed by atoms with van der Waals surface area (Å²) in [5.41, 5.74) is 0. The van der Waals surface area contributed by atoms with Gasteiger partial charge in [0.1, 0.15) is 0 Å².